The largest absolute Gasteiger partial charge is 0.480 e. The number of carbonyl (C=O) groups is 2. The first kappa shape index (κ1) is 16.5. The van der Waals surface area contributed by atoms with E-state index in [1.807, 2.05) is 0 Å². The van der Waals surface area contributed by atoms with Gasteiger partial charge in [0.25, 0.3) is 0 Å². The summed E-state index contributed by atoms with van der Waals surface area (Å²) >= 11 is 11.6. The SMILES string of the molecule is O=C(O)COCC(=O)NCCNc1ncc(Cl)cc1Cl. The molecule has 3 N–H and O–H groups in total. The van der Waals surface area contributed by atoms with Gasteiger partial charge in [-0.15, -0.1) is 0 Å². The first-order valence-corrected chi connectivity index (χ1v) is 6.36. The number of nitrogens with one attached hydrogen (secondary N) is 2. The summed E-state index contributed by atoms with van der Waals surface area (Å²) < 4.78 is 4.62. The lowest BCUT2D eigenvalue weighted by Gasteiger charge is -2.08. The smallest absolute Gasteiger partial charge is 0.329 e. The number of rotatable bonds is 8. The standard InChI is InChI=1S/C11H13Cl2N3O4/c12-7-3-8(13)11(16-4-7)15-2-1-14-9(17)5-20-6-10(18)19/h3-4H,1-2,5-6H2,(H,14,17)(H,15,16)(H,18,19). The van der Waals surface area contributed by atoms with Gasteiger partial charge in [0.15, 0.2) is 0 Å². The van der Waals surface area contributed by atoms with Crippen molar-refractivity contribution in [3.8, 4) is 0 Å². The minimum atomic E-state index is -1.12. The Morgan fingerprint density at radius 3 is 2.70 bits per heavy atom. The molecule has 0 saturated carbocycles. The summed E-state index contributed by atoms with van der Waals surface area (Å²) in [6, 6.07) is 1.55. The van der Waals surface area contributed by atoms with E-state index in [0.717, 1.165) is 0 Å². The number of pyridine rings is 1. The molecule has 0 aliphatic carbocycles. The van der Waals surface area contributed by atoms with Crippen LogP contribution >= 0.6 is 23.2 Å². The first-order valence-electron chi connectivity index (χ1n) is 5.60. The van der Waals surface area contributed by atoms with Gasteiger partial charge in [-0.2, -0.15) is 0 Å². The molecule has 20 heavy (non-hydrogen) atoms. The summed E-state index contributed by atoms with van der Waals surface area (Å²) in [5.41, 5.74) is 0. The third-order valence-corrected chi connectivity index (χ3v) is 2.50. The van der Waals surface area contributed by atoms with Crippen LogP contribution in [0.1, 0.15) is 0 Å². The predicted octanol–water partition coefficient (Wildman–Crippen LogP) is 1.02. The predicted molar refractivity (Wildman–Crippen MR) is 74.2 cm³/mol. The van der Waals surface area contributed by atoms with E-state index in [9.17, 15) is 9.59 Å². The number of anilines is 1. The zero-order valence-corrected chi connectivity index (χ0v) is 11.9. The summed E-state index contributed by atoms with van der Waals surface area (Å²) in [4.78, 5) is 25.4. The Kier molecular flexibility index (Phi) is 7.06. The van der Waals surface area contributed by atoms with Crippen molar-refractivity contribution in [2.45, 2.75) is 0 Å². The van der Waals surface area contributed by atoms with Crippen LogP contribution in [0.25, 0.3) is 0 Å². The van der Waals surface area contributed by atoms with Gasteiger partial charge in [0.05, 0.1) is 10.0 Å². The maximum absolute atomic E-state index is 11.2. The molecule has 1 heterocycles. The molecule has 0 atom stereocenters. The Bertz CT molecular complexity index is 485. The summed E-state index contributed by atoms with van der Waals surface area (Å²) in [5, 5.41) is 14.6. The number of ether oxygens (including phenoxy) is 1. The molecular weight excluding hydrogens is 309 g/mol. The van der Waals surface area contributed by atoms with Crippen LogP contribution < -0.4 is 10.6 Å². The van der Waals surface area contributed by atoms with Crippen LogP contribution in [0, 0.1) is 0 Å². The van der Waals surface area contributed by atoms with E-state index in [2.05, 4.69) is 20.4 Å². The molecule has 0 unspecified atom stereocenters. The fourth-order valence-corrected chi connectivity index (χ4v) is 1.66. The van der Waals surface area contributed by atoms with Gasteiger partial charge in [0.2, 0.25) is 5.91 Å². The fraction of sp³-hybridized carbons (Fsp3) is 0.364. The number of nitrogens with zero attached hydrogens (tertiary/aromatic N) is 1. The Morgan fingerprint density at radius 2 is 2.05 bits per heavy atom. The number of hydrogen-bond donors (Lipinski definition) is 3. The van der Waals surface area contributed by atoms with Crippen LogP contribution in [-0.4, -0.2) is 48.3 Å². The zero-order valence-electron chi connectivity index (χ0n) is 10.4. The highest BCUT2D eigenvalue weighted by Gasteiger charge is 2.04. The molecule has 7 nitrogen and oxygen atoms in total. The second-order valence-electron chi connectivity index (χ2n) is 3.65. The van der Waals surface area contributed by atoms with Crippen molar-refractivity contribution in [1.29, 1.82) is 0 Å². The Hall–Kier alpha value is -1.57. The van der Waals surface area contributed by atoms with Crippen molar-refractivity contribution in [3.63, 3.8) is 0 Å². The van der Waals surface area contributed by atoms with Crippen molar-refractivity contribution < 1.29 is 19.4 Å². The number of amides is 1. The van der Waals surface area contributed by atoms with Crippen LogP contribution in [-0.2, 0) is 14.3 Å². The number of aliphatic carboxylic acids is 1. The lowest BCUT2D eigenvalue weighted by molar-refractivity contribution is -0.143. The Balaban J connectivity index is 2.18. The van der Waals surface area contributed by atoms with E-state index in [1.54, 1.807) is 6.07 Å². The third-order valence-electron chi connectivity index (χ3n) is 2.01. The summed E-state index contributed by atoms with van der Waals surface area (Å²) in [7, 11) is 0. The molecule has 0 radical (unpaired) electrons. The van der Waals surface area contributed by atoms with Gasteiger partial charge >= 0.3 is 5.97 Å². The van der Waals surface area contributed by atoms with E-state index in [1.165, 1.54) is 6.20 Å². The molecule has 0 fully saturated rings. The molecule has 9 heteroatoms. The molecule has 0 aliphatic heterocycles. The summed E-state index contributed by atoms with van der Waals surface area (Å²) in [5.74, 6) is -1.06. The van der Waals surface area contributed by atoms with Crippen LogP contribution in [0.5, 0.6) is 0 Å². The van der Waals surface area contributed by atoms with Crippen molar-refractivity contribution >= 4 is 40.9 Å². The van der Waals surface area contributed by atoms with Crippen molar-refractivity contribution in [3.05, 3.63) is 22.3 Å². The highest BCUT2D eigenvalue weighted by molar-refractivity contribution is 6.35. The average Bonchev–Trinajstić information content (AvgIpc) is 2.36. The van der Waals surface area contributed by atoms with E-state index >= 15 is 0 Å². The molecule has 1 aromatic heterocycles. The minimum Gasteiger partial charge on any atom is -0.480 e. The molecule has 0 saturated heterocycles. The van der Waals surface area contributed by atoms with E-state index in [0.29, 0.717) is 29.0 Å². The lowest BCUT2D eigenvalue weighted by atomic mass is 10.4. The molecule has 1 amide bonds. The zero-order chi connectivity index (χ0) is 15.0. The topological polar surface area (TPSA) is 101 Å². The Labute approximate surface area is 125 Å². The monoisotopic (exact) mass is 321 g/mol. The lowest BCUT2D eigenvalue weighted by Crippen LogP contribution is -2.32. The molecular formula is C11H13Cl2N3O4. The normalized spacial score (nSPS) is 10.1. The molecule has 1 aromatic rings. The van der Waals surface area contributed by atoms with Crippen LogP contribution in [0.3, 0.4) is 0 Å². The molecule has 110 valence electrons. The Morgan fingerprint density at radius 1 is 1.30 bits per heavy atom. The number of hydrogen-bond acceptors (Lipinski definition) is 5. The quantitative estimate of drug-likeness (QED) is 0.618. The van der Waals surface area contributed by atoms with Crippen LogP contribution in [0.4, 0.5) is 5.82 Å². The maximum atomic E-state index is 11.2. The molecule has 1 rings (SSSR count). The second-order valence-corrected chi connectivity index (χ2v) is 4.49. The van der Waals surface area contributed by atoms with Gasteiger partial charge in [-0.3, -0.25) is 4.79 Å². The molecule has 0 aromatic carbocycles. The number of carboxylic acid groups (broad SMARTS) is 1. The molecule has 0 aliphatic rings. The average molecular weight is 322 g/mol. The van der Waals surface area contributed by atoms with E-state index in [4.69, 9.17) is 28.3 Å². The summed E-state index contributed by atoms with van der Waals surface area (Å²) in [6.07, 6.45) is 1.45. The van der Waals surface area contributed by atoms with Crippen molar-refractivity contribution in [2.75, 3.05) is 31.6 Å². The van der Waals surface area contributed by atoms with Crippen molar-refractivity contribution in [2.24, 2.45) is 0 Å². The minimum absolute atomic E-state index is 0.299. The molecule has 0 bridgehead atoms. The van der Waals surface area contributed by atoms with Gasteiger partial charge in [-0.05, 0) is 6.07 Å². The van der Waals surface area contributed by atoms with Gasteiger partial charge in [-0.25, -0.2) is 9.78 Å². The third kappa shape index (κ3) is 6.55. The number of aromatic nitrogens is 1. The fourth-order valence-electron chi connectivity index (χ4n) is 1.21. The van der Waals surface area contributed by atoms with Crippen LogP contribution in [0.2, 0.25) is 10.0 Å². The second kappa shape index (κ2) is 8.57. The number of halogens is 2. The maximum Gasteiger partial charge on any atom is 0.329 e. The molecule has 0 spiro atoms. The number of carbonyl (C=O) groups excluding carboxylic acids is 1. The van der Waals surface area contributed by atoms with E-state index < -0.39 is 18.5 Å². The van der Waals surface area contributed by atoms with Gasteiger partial charge in [0, 0.05) is 19.3 Å². The highest BCUT2D eigenvalue weighted by Crippen LogP contribution is 2.21. The number of carboxylic acids is 1. The first-order chi connectivity index (χ1) is 9.49. The highest BCUT2D eigenvalue weighted by atomic mass is 35.5. The van der Waals surface area contributed by atoms with Crippen LogP contribution in [0.15, 0.2) is 12.3 Å². The van der Waals surface area contributed by atoms with Gasteiger partial charge < -0.3 is 20.5 Å². The van der Waals surface area contributed by atoms with Gasteiger partial charge in [0.1, 0.15) is 19.0 Å². The van der Waals surface area contributed by atoms with E-state index in [-0.39, 0.29) is 6.61 Å². The van der Waals surface area contributed by atoms with Crippen molar-refractivity contribution in [1.82, 2.24) is 10.3 Å². The van der Waals surface area contributed by atoms with Gasteiger partial charge in [-0.1, -0.05) is 23.2 Å². The summed E-state index contributed by atoms with van der Waals surface area (Å²) in [6.45, 7) is -0.0862.